The minimum absolute atomic E-state index is 0.591. The molecule has 2 aliphatic carbocycles. The van der Waals surface area contributed by atoms with E-state index in [1.165, 1.54) is 77.6 Å². The Morgan fingerprint density at radius 3 is 1.47 bits per heavy atom. The van der Waals surface area contributed by atoms with Crippen molar-refractivity contribution in [1.82, 2.24) is 4.57 Å². The Balaban J connectivity index is 1.01. The minimum Gasteiger partial charge on any atom is -0.310 e. The van der Waals surface area contributed by atoms with Gasteiger partial charge in [0.2, 0.25) is 0 Å². The number of benzene rings is 11. The highest BCUT2D eigenvalue weighted by Gasteiger charge is 2.53. The second-order valence-corrected chi connectivity index (χ2v) is 18.4. The van der Waals surface area contributed by atoms with Crippen molar-refractivity contribution in [3.63, 3.8) is 0 Å². The van der Waals surface area contributed by atoms with E-state index in [-0.39, 0.29) is 0 Å². The van der Waals surface area contributed by atoms with Gasteiger partial charge in [0.25, 0.3) is 0 Å². The number of hydrogen-bond acceptors (Lipinski definition) is 2. The first-order valence-corrected chi connectivity index (χ1v) is 24.2. The summed E-state index contributed by atoms with van der Waals surface area (Å²) in [7, 11) is 0. The number of aromatic nitrogens is 1. The lowest BCUT2D eigenvalue weighted by atomic mass is 9.70. The topological polar surface area (TPSA) is 11.4 Å². The first kappa shape index (κ1) is 39.9. The number of nitrogens with zero attached hydrogens (tertiary/aromatic N) is 3. The molecule has 0 saturated carbocycles. The van der Waals surface area contributed by atoms with E-state index < -0.39 is 5.41 Å². The molecule has 328 valence electrons. The molecule has 1 unspecified atom stereocenters. The Hall–Kier alpha value is -9.18. The molecule has 70 heavy (non-hydrogen) atoms. The van der Waals surface area contributed by atoms with E-state index in [4.69, 9.17) is 0 Å². The fourth-order valence-corrected chi connectivity index (χ4v) is 11.9. The smallest absolute Gasteiger partial charge is 0.0746 e. The summed E-state index contributed by atoms with van der Waals surface area (Å²) in [4.78, 5) is 4.90. The largest absolute Gasteiger partial charge is 0.310 e. The van der Waals surface area contributed by atoms with Crippen molar-refractivity contribution < 1.29 is 0 Å². The zero-order valence-electron chi connectivity index (χ0n) is 38.3. The lowest BCUT2D eigenvalue weighted by molar-refractivity contribution is 0.793. The molecular formula is C67H45N3. The second kappa shape index (κ2) is 16.0. The molecule has 1 spiro atoms. The van der Waals surface area contributed by atoms with Gasteiger partial charge in [0.05, 0.1) is 22.1 Å². The average Bonchev–Trinajstić information content (AvgIpc) is 4.04. The lowest BCUT2D eigenvalue weighted by Gasteiger charge is -2.36. The van der Waals surface area contributed by atoms with Crippen LogP contribution < -0.4 is 9.80 Å². The summed E-state index contributed by atoms with van der Waals surface area (Å²) in [5, 5.41) is 2.46. The van der Waals surface area contributed by atoms with Crippen LogP contribution >= 0.6 is 0 Å². The molecule has 0 aliphatic heterocycles. The second-order valence-electron chi connectivity index (χ2n) is 18.4. The quantitative estimate of drug-likeness (QED) is 0.151. The number of para-hydroxylation sites is 4. The molecule has 3 nitrogen and oxygen atoms in total. The first-order valence-electron chi connectivity index (χ1n) is 24.2. The molecule has 11 aromatic carbocycles. The van der Waals surface area contributed by atoms with Gasteiger partial charge in [-0.3, -0.25) is 0 Å². The summed E-state index contributed by atoms with van der Waals surface area (Å²) in [6.45, 7) is 0. The maximum absolute atomic E-state index is 2.46. The van der Waals surface area contributed by atoms with E-state index in [0.717, 1.165) is 39.6 Å². The Kier molecular flexibility index (Phi) is 9.11. The highest BCUT2D eigenvalue weighted by atomic mass is 15.2. The Morgan fingerprint density at radius 1 is 0.286 bits per heavy atom. The van der Waals surface area contributed by atoms with Gasteiger partial charge in [0.1, 0.15) is 0 Å². The van der Waals surface area contributed by atoms with Crippen molar-refractivity contribution >= 4 is 55.9 Å². The molecule has 0 radical (unpaired) electrons. The summed E-state index contributed by atoms with van der Waals surface area (Å²) >= 11 is 0. The van der Waals surface area contributed by atoms with Crippen molar-refractivity contribution in [3.8, 4) is 39.1 Å². The van der Waals surface area contributed by atoms with E-state index >= 15 is 0 Å². The zero-order chi connectivity index (χ0) is 46.2. The standard InChI is InChI=1S/C67H45N3/c1-5-20-46(21-6-1)47-36-38-51(39-37-47)68(53-40-42-57-56-30-15-18-34-63(56)70(65(57)45-53)50-26-11-4-12-27-50)52-41-43-62-59(44-52)55-29-14-17-33-61(55)67(62)60-32-16-13-28-54(60)58-31-19-35-64(66(58)67)69(48-22-7-2-8-23-48)49-24-9-3-10-25-49/h1-45H. The van der Waals surface area contributed by atoms with Crippen LogP contribution in [0.4, 0.5) is 34.1 Å². The maximum Gasteiger partial charge on any atom is 0.0746 e. The summed E-state index contributed by atoms with van der Waals surface area (Å²) in [5.74, 6) is 0. The van der Waals surface area contributed by atoms with Crippen molar-refractivity contribution in [1.29, 1.82) is 0 Å². The van der Waals surface area contributed by atoms with Gasteiger partial charge in [-0.05, 0) is 135 Å². The fraction of sp³-hybridized carbons (Fsp3) is 0.0149. The minimum atomic E-state index is -0.591. The molecule has 14 rings (SSSR count). The zero-order valence-corrected chi connectivity index (χ0v) is 38.3. The Bertz CT molecular complexity index is 3900. The Morgan fingerprint density at radius 2 is 0.771 bits per heavy atom. The number of rotatable bonds is 8. The van der Waals surface area contributed by atoms with Gasteiger partial charge in [-0.15, -0.1) is 0 Å². The molecule has 0 N–H and O–H groups in total. The van der Waals surface area contributed by atoms with Gasteiger partial charge >= 0.3 is 0 Å². The van der Waals surface area contributed by atoms with Crippen LogP contribution in [0.15, 0.2) is 273 Å². The van der Waals surface area contributed by atoms with E-state index in [0.29, 0.717) is 0 Å². The SMILES string of the molecule is c1ccc(-c2ccc(N(c3ccc4c(c3)-c3ccccc3C43c4ccccc4-c4cccc(N(c5ccccc5)c5ccccc5)c43)c3ccc4c5ccccc5n(-c5ccccc5)c4c3)cc2)cc1. The van der Waals surface area contributed by atoms with Crippen LogP contribution in [-0.2, 0) is 5.41 Å². The summed E-state index contributed by atoms with van der Waals surface area (Å²) in [6.07, 6.45) is 0. The van der Waals surface area contributed by atoms with E-state index in [1.54, 1.807) is 0 Å². The van der Waals surface area contributed by atoms with Crippen molar-refractivity contribution in [2.75, 3.05) is 9.80 Å². The third-order valence-corrected chi connectivity index (χ3v) is 14.8. The predicted molar refractivity (Wildman–Crippen MR) is 292 cm³/mol. The van der Waals surface area contributed by atoms with Gasteiger partial charge in [0.15, 0.2) is 0 Å². The van der Waals surface area contributed by atoms with Crippen LogP contribution in [0, 0.1) is 0 Å². The normalized spacial score (nSPS) is 14.1. The average molecular weight is 892 g/mol. The molecule has 0 saturated heterocycles. The third-order valence-electron chi connectivity index (χ3n) is 14.8. The number of anilines is 6. The molecule has 0 amide bonds. The molecular weight excluding hydrogens is 847 g/mol. The van der Waals surface area contributed by atoms with Gasteiger partial charge in [-0.2, -0.15) is 0 Å². The molecule has 12 aromatic rings. The lowest BCUT2D eigenvalue weighted by Crippen LogP contribution is -2.28. The van der Waals surface area contributed by atoms with Crippen molar-refractivity contribution in [3.05, 3.63) is 295 Å². The first-order chi connectivity index (χ1) is 34.8. The van der Waals surface area contributed by atoms with Crippen molar-refractivity contribution in [2.45, 2.75) is 5.41 Å². The molecule has 0 fully saturated rings. The van der Waals surface area contributed by atoms with E-state index in [2.05, 4.69) is 287 Å². The molecule has 0 bridgehead atoms. The monoisotopic (exact) mass is 891 g/mol. The molecule has 1 aromatic heterocycles. The summed E-state index contributed by atoms with van der Waals surface area (Å²) < 4.78 is 2.41. The van der Waals surface area contributed by atoms with Crippen LogP contribution in [0.5, 0.6) is 0 Å². The number of fused-ring (bicyclic) bond motifs is 13. The molecule has 2 aliphatic rings. The molecule has 1 heterocycles. The van der Waals surface area contributed by atoms with Gasteiger partial charge in [-0.1, -0.05) is 188 Å². The van der Waals surface area contributed by atoms with Crippen LogP contribution in [0.25, 0.3) is 60.9 Å². The molecule has 3 heteroatoms. The van der Waals surface area contributed by atoms with Crippen LogP contribution in [-0.4, -0.2) is 4.57 Å². The van der Waals surface area contributed by atoms with Gasteiger partial charge in [0, 0.05) is 50.5 Å². The van der Waals surface area contributed by atoms with Crippen LogP contribution in [0.2, 0.25) is 0 Å². The van der Waals surface area contributed by atoms with Gasteiger partial charge in [-0.25, -0.2) is 0 Å². The third kappa shape index (κ3) is 5.95. The molecule has 1 atom stereocenters. The highest BCUT2D eigenvalue weighted by Crippen LogP contribution is 2.66. The number of hydrogen-bond donors (Lipinski definition) is 0. The summed E-state index contributed by atoms with van der Waals surface area (Å²) in [6, 6.07) is 100. The van der Waals surface area contributed by atoms with E-state index in [1.807, 2.05) is 0 Å². The van der Waals surface area contributed by atoms with Crippen LogP contribution in [0.3, 0.4) is 0 Å². The maximum atomic E-state index is 2.46. The summed E-state index contributed by atoms with van der Waals surface area (Å²) in [5.41, 5.74) is 22.2. The van der Waals surface area contributed by atoms with Crippen LogP contribution in [0.1, 0.15) is 22.3 Å². The Labute approximate surface area is 408 Å². The van der Waals surface area contributed by atoms with Crippen molar-refractivity contribution in [2.24, 2.45) is 0 Å². The van der Waals surface area contributed by atoms with Gasteiger partial charge < -0.3 is 14.4 Å². The fourth-order valence-electron chi connectivity index (χ4n) is 11.9. The highest BCUT2D eigenvalue weighted by molar-refractivity contribution is 6.10. The predicted octanol–water partition coefficient (Wildman–Crippen LogP) is 17.7. The van der Waals surface area contributed by atoms with E-state index in [9.17, 15) is 0 Å².